The van der Waals surface area contributed by atoms with Crippen LogP contribution in [0.5, 0.6) is 0 Å². The Balaban J connectivity index is 1.55. The first kappa shape index (κ1) is 26.2. The first-order valence-electron chi connectivity index (χ1n) is 14.1. The van der Waals surface area contributed by atoms with Crippen LogP contribution >= 0.6 is 0 Å². The van der Waals surface area contributed by atoms with Crippen LogP contribution in [-0.4, -0.2) is 56.0 Å². The van der Waals surface area contributed by atoms with E-state index in [0.717, 1.165) is 32.1 Å². The number of hydrogen-bond donors (Lipinski definition) is 4. The van der Waals surface area contributed by atoms with Gasteiger partial charge in [0, 0.05) is 11.8 Å². The largest absolute Gasteiger partial charge is 0.393 e. The smallest absolute Gasteiger partial charge is 0.0865 e. The molecule has 4 aliphatic carbocycles. The highest BCUT2D eigenvalue weighted by Crippen LogP contribution is 2.74. The molecule has 11 atom stereocenters. The number of ether oxygens (including phenoxy) is 1. The Hall–Kier alpha value is -0.460. The van der Waals surface area contributed by atoms with Crippen molar-refractivity contribution in [1.82, 2.24) is 0 Å². The minimum atomic E-state index is -0.902. The SMILES string of the molecule is CC(C)(O)[C@@H]1CC[C@](C)([C@H]2[C@@H](O)C[C@@]3(C)[C@@H]4C[C@H](O)[C@@H]5C(C)(C)[C@@H](O)CC[C@]5(C)C4=CC[C@]23C)O1. The van der Waals surface area contributed by atoms with Crippen LogP contribution in [0.4, 0.5) is 0 Å². The zero-order valence-corrected chi connectivity index (χ0v) is 23.3. The fourth-order valence-corrected chi connectivity index (χ4v) is 10.6. The molecule has 4 N–H and O–H groups in total. The fraction of sp³-hybridized carbons (Fsp3) is 0.933. The Bertz CT molecular complexity index is 905. The molecular weight excluding hydrogens is 440 g/mol. The van der Waals surface area contributed by atoms with Gasteiger partial charge in [-0.3, -0.25) is 0 Å². The summed E-state index contributed by atoms with van der Waals surface area (Å²) in [4.78, 5) is 0. The minimum absolute atomic E-state index is 0.0274. The zero-order chi connectivity index (χ0) is 26.0. The number of hydrogen-bond acceptors (Lipinski definition) is 5. The molecule has 1 saturated heterocycles. The van der Waals surface area contributed by atoms with Crippen LogP contribution in [0.1, 0.15) is 100 Å². The highest BCUT2D eigenvalue weighted by molar-refractivity contribution is 5.35. The monoisotopic (exact) mass is 490 g/mol. The molecule has 0 aromatic heterocycles. The van der Waals surface area contributed by atoms with Gasteiger partial charge in [0.1, 0.15) is 0 Å². The van der Waals surface area contributed by atoms with Gasteiger partial charge < -0.3 is 25.2 Å². The van der Waals surface area contributed by atoms with Crippen LogP contribution in [-0.2, 0) is 4.74 Å². The fourth-order valence-electron chi connectivity index (χ4n) is 10.6. The van der Waals surface area contributed by atoms with Crippen molar-refractivity contribution in [2.24, 2.45) is 39.4 Å². The summed E-state index contributed by atoms with van der Waals surface area (Å²) in [5.74, 6) is 0.204. The number of aliphatic hydroxyl groups excluding tert-OH is 3. The van der Waals surface area contributed by atoms with E-state index in [9.17, 15) is 20.4 Å². The standard InChI is InChI=1S/C30H50O5/c1-25(2)21(33)10-12-27(5)17-9-13-28(6)24(30(8)14-11-22(35-30)26(3,4)34)20(32)16-29(28,7)18(17)15-19(31)23(25)27/h9,18-24,31-34H,10-16H2,1-8H3/t18-,19+,20+,21+,22+,23-,24+,27-,28-,29+,30-/m1/s1. The van der Waals surface area contributed by atoms with Crippen molar-refractivity contribution in [2.75, 3.05) is 0 Å². The van der Waals surface area contributed by atoms with Gasteiger partial charge in [0.05, 0.1) is 35.6 Å². The second-order valence-electron chi connectivity index (χ2n) is 15.2. The lowest BCUT2D eigenvalue weighted by Crippen LogP contribution is -2.62. The first-order chi connectivity index (χ1) is 15.9. The summed E-state index contributed by atoms with van der Waals surface area (Å²) in [5, 5.41) is 44.8. The number of allylic oxidation sites excluding steroid dienone is 2. The maximum atomic E-state index is 11.7. The van der Waals surface area contributed by atoms with Gasteiger partial charge in [0.2, 0.25) is 0 Å². The van der Waals surface area contributed by atoms with Crippen LogP contribution in [0.3, 0.4) is 0 Å². The van der Waals surface area contributed by atoms with Gasteiger partial charge in [0.25, 0.3) is 0 Å². The van der Waals surface area contributed by atoms with Crippen molar-refractivity contribution in [1.29, 1.82) is 0 Å². The first-order valence-corrected chi connectivity index (χ1v) is 14.1. The number of fused-ring (bicyclic) bond motifs is 5. The normalized spacial score (nSPS) is 55.7. The molecule has 0 radical (unpaired) electrons. The Kier molecular flexibility index (Phi) is 5.65. The minimum Gasteiger partial charge on any atom is -0.393 e. The maximum absolute atomic E-state index is 11.7. The van der Waals surface area contributed by atoms with E-state index in [1.807, 2.05) is 13.8 Å². The third-order valence-electron chi connectivity index (χ3n) is 12.5. The van der Waals surface area contributed by atoms with E-state index in [2.05, 4.69) is 47.6 Å². The molecular formula is C30H50O5. The molecule has 0 aromatic carbocycles. The third kappa shape index (κ3) is 3.30. The molecule has 0 unspecified atom stereocenters. The Morgan fingerprint density at radius 2 is 1.54 bits per heavy atom. The molecule has 1 aliphatic heterocycles. The van der Waals surface area contributed by atoms with Crippen LogP contribution in [0.15, 0.2) is 11.6 Å². The van der Waals surface area contributed by atoms with E-state index >= 15 is 0 Å². The van der Waals surface area contributed by atoms with Gasteiger partial charge in [-0.25, -0.2) is 0 Å². The highest BCUT2D eigenvalue weighted by atomic mass is 16.5. The van der Waals surface area contributed by atoms with Crippen molar-refractivity contribution in [2.45, 2.75) is 136 Å². The second-order valence-corrected chi connectivity index (χ2v) is 15.2. The molecule has 4 fully saturated rings. The summed E-state index contributed by atoms with van der Waals surface area (Å²) in [6.07, 6.45) is 6.50. The molecule has 0 amide bonds. The van der Waals surface area contributed by atoms with Crippen LogP contribution in [0, 0.1) is 39.4 Å². The summed E-state index contributed by atoms with van der Waals surface area (Å²) >= 11 is 0. The molecule has 35 heavy (non-hydrogen) atoms. The molecule has 0 bridgehead atoms. The average Bonchev–Trinajstić information content (AvgIpc) is 3.20. The van der Waals surface area contributed by atoms with Gasteiger partial charge in [0.15, 0.2) is 0 Å². The molecule has 200 valence electrons. The lowest BCUT2D eigenvalue weighted by Gasteiger charge is -2.65. The lowest BCUT2D eigenvalue weighted by atomic mass is 9.40. The summed E-state index contributed by atoms with van der Waals surface area (Å²) in [6, 6.07) is 0. The van der Waals surface area contributed by atoms with Gasteiger partial charge in [-0.1, -0.05) is 46.3 Å². The Morgan fingerprint density at radius 1 is 0.886 bits per heavy atom. The predicted octanol–water partition coefficient (Wildman–Crippen LogP) is 4.60. The van der Waals surface area contributed by atoms with Gasteiger partial charge in [-0.2, -0.15) is 0 Å². The van der Waals surface area contributed by atoms with E-state index in [0.29, 0.717) is 12.8 Å². The molecule has 0 spiro atoms. The van der Waals surface area contributed by atoms with Crippen molar-refractivity contribution in [3.8, 4) is 0 Å². The Morgan fingerprint density at radius 3 is 2.14 bits per heavy atom. The topological polar surface area (TPSA) is 90.2 Å². The predicted molar refractivity (Wildman–Crippen MR) is 137 cm³/mol. The molecule has 3 saturated carbocycles. The quantitative estimate of drug-likeness (QED) is 0.425. The van der Waals surface area contributed by atoms with Gasteiger partial charge in [-0.05, 0) is 93.3 Å². The lowest BCUT2D eigenvalue weighted by molar-refractivity contribution is -0.183. The van der Waals surface area contributed by atoms with Crippen LogP contribution in [0.25, 0.3) is 0 Å². The van der Waals surface area contributed by atoms with Crippen molar-refractivity contribution < 1.29 is 25.2 Å². The zero-order valence-electron chi connectivity index (χ0n) is 23.3. The molecule has 1 heterocycles. The molecule has 5 aliphatic rings. The van der Waals surface area contributed by atoms with Gasteiger partial charge >= 0.3 is 0 Å². The second kappa shape index (κ2) is 7.56. The summed E-state index contributed by atoms with van der Waals surface area (Å²) < 4.78 is 6.62. The third-order valence-corrected chi connectivity index (χ3v) is 12.5. The molecule has 5 heteroatoms. The molecule has 5 rings (SSSR count). The summed E-state index contributed by atoms with van der Waals surface area (Å²) in [7, 11) is 0. The van der Waals surface area contributed by atoms with E-state index in [-0.39, 0.29) is 45.5 Å². The van der Waals surface area contributed by atoms with Crippen molar-refractivity contribution >= 4 is 0 Å². The maximum Gasteiger partial charge on any atom is 0.0865 e. The Labute approximate surface area is 212 Å². The van der Waals surface area contributed by atoms with Crippen LogP contribution in [0.2, 0.25) is 0 Å². The average molecular weight is 491 g/mol. The van der Waals surface area contributed by atoms with Gasteiger partial charge in [-0.15, -0.1) is 0 Å². The van der Waals surface area contributed by atoms with E-state index in [1.54, 1.807) is 0 Å². The van der Waals surface area contributed by atoms with E-state index in [1.165, 1.54) is 5.57 Å². The number of aliphatic hydroxyl groups is 4. The van der Waals surface area contributed by atoms with Crippen LogP contribution < -0.4 is 0 Å². The van der Waals surface area contributed by atoms with Crippen molar-refractivity contribution in [3.05, 3.63) is 11.6 Å². The molecule has 5 nitrogen and oxygen atoms in total. The van der Waals surface area contributed by atoms with E-state index < -0.39 is 29.5 Å². The van der Waals surface area contributed by atoms with Crippen molar-refractivity contribution in [3.63, 3.8) is 0 Å². The number of rotatable bonds is 2. The van der Waals surface area contributed by atoms with E-state index in [4.69, 9.17) is 4.74 Å². The molecule has 0 aromatic rings. The highest BCUT2D eigenvalue weighted by Gasteiger charge is 2.71. The summed E-state index contributed by atoms with van der Waals surface area (Å²) in [6.45, 7) is 17.1. The summed E-state index contributed by atoms with van der Waals surface area (Å²) in [5.41, 5.74) is -0.731.